The molecular formula is C24H36N4O8. The van der Waals surface area contributed by atoms with Crippen LogP contribution in [0.25, 0.3) is 0 Å². The Morgan fingerprint density at radius 2 is 1.58 bits per heavy atom. The fourth-order valence-corrected chi connectivity index (χ4v) is 3.04. The number of carbonyl (C=O) groups is 5. The second kappa shape index (κ2) is 13.3. The zero-order valence-corrected chi connectivity index (χ0v) is 21.7. The molecule has 0 saturated heterocycles. The predicted molar refractivity (Wildman–Crippen MR) is 130 cm³/mol. The molecule has 0 saturated carbocycles. The number of alkyl carbamates (subject to hydrolysis) is 1. The number of aliphatic carboxylic acids is 1. The van der Waals surface area contributed by atoms with Gasteiger partial charge < -0.3 is 35.4 Å². The van der Waals surface area contributed by atoms with Crippen LogP contribution in [0, 0.1) is 0 Å². The van der Waals surface area contributed by atoms with Gasteiger partial charge in [0.2, 0.25) is 17.7 Å². The molecule has 12 nitrogen and oxygen atoms in total. The lowest BCUT2D eigenvalue weighted by atomic mass is 10.0. The van der Waals surface area contributed by atoms with Gasteiger partial charge in [-0.15, -0.1) is 0 Å². The first-order valence-electron chi connectivity index (χ1n) is 11.3. The van der Waals surface area contributed by atoms with E-state index in [0.29, 0.717) is 11.3 Å². The van der Waals surface area contributed by atoms with Crippen LogP contribution in [0.2, 0.25) is 0 Å². The third-order valence-electron chi connectivity index (χ3n) is 4.98. The van der Waals surface area contributed by atoms with Gasteiger partial charge in [-0.05, 0) is 52.3 Å². The number of hydrogen-bond donors (Lipinski definition) is 4. The normalized spacial score (nSPS) is 13.4. The van der Waals surface area contributed by atoms with E-state index >= 15 is 0 Å². The molecule has 12 heteroatoms. The molecule has 3 atom stereocenters. The van der Waals surface area contributed by atoms with Crippen molar-refractivity contribution in [2.24, 2.45) is 0 Å². The monoisotopic (exact) mass is 508 g/mol. The van der Waals surface area contributed by atoms with Crippen LogP contribution in [0.15, 0.2) is 24.3 Å². The summed E-state index contributed by atoms with van der Waals surface area (Å²) in [6.45, 7) is 7.37. The number of hydrogen-bond acceptors (Lipinski definition) is 7. The van der Waals surface area contributed by atoms with Crippen LogP contribution < -0.4 is 20.7 Å². The number of rotatable bonds is 11. The van der Waals surface area contributed by atoms with Crippen LogP contribution in [-0.2, 0) is 30.3 Å². The Morgan fingerprint density at radius 3 is 2.08 bits per heavy atom. The number of amides is 4. The van der Waals surface area contributed by atoms with Crippen molar-refractivity contribution in [1.82, 2.24) is 20.9 Å². The Kier molecular flexibility index (Phi) is 11.2. The highest BCUT2D eigenvalue weighted by atomic mass is 16.6. The first-order valence-corrected chi connectivity index (χ1v) is 11.3. The van der Waals surface area contributed by atoms with E-state index in [0.717, 1.165) is 4.90 Å². The van der Waals surface area contributed by atoms with E-state index in [1.807, 2.05) is 0 Å². The van der Waals surface area contributed by atoms with E-state index < -0.39 is 60.1 Å². The number of nitrogens with zero attached hydrogens (tertiary/aromatic N) is 1. The molecule has 0 bridgehead atoms. The highest BCUT2D eigenvalue weighted by molar-refractivity contribution is 5.93. The second-order valence-electron chi connectivity index (χ2n) is 9.23. The van der Waals surface area contributed by atoms with Crippen LogP contribution >= 0.6 is 0 Å². The Hall–Kier alpha value is -3.83. The Balaban J connectivity index is 2.91. The Morgan fingerprint density at radius 1 is 1.00 bits per heavy atom. The summed E-state index contributed by atoms with van der Waals surface area (Å²) in [6, 6.07) is 3.59. The van der Waals surface area contributed by atoms with Gasteiger partial charge in [0.25, 0.3) is 0 Å². The minimum atomic E-state index is -1.22. The number of benzene rings is 1. The second-order valence-corrected chi connectivity index (χ2v) is 9.23. The van der Waals surface area contributed by atoms with Crippen molar-refractivity contribution in [3.8, 4) is 5.75 Å². The number of nitrogens with one attached hydrogen (secondary N) is 3. The van der Waals surface area contributed by atoms with Gasteiger partial charge >= 0.3 is 12.1 Å². The molecule has 0 heterocycles. The molecule has 1 aromatic carbocycles. The fourth-order valence-electron chi connectivity index (χ4n) is 3.04. The summed E-state index contributed by atoms with van der Waals surface area (Å²) in [6.07, 6.45) is -0.692. The van der Waals surface area contributed by atoms with Gasteiger partial charge in [-0.3, -0.25) is 19.2 Å². The highest BCUT2D eigenvalue weighted by Gasteiger charge is 2.32. The molecule has 0 aliphatic heterocycles. The van der Waals surface area contributed by atoms with Crippen LogP contribution in [-0.4, -0.2) is 84.2 Å². The van der Waals surface area contributed by atoms with Crippen LogP contribution in [0.3, 0.4) is 0 Å². The minimum absolute atomic E-state index is 0.0886. The number of carbonyl (C=O) groups excluding carboxylic acids is 4. The largest absolute Gasteiger partial charge is 0.497 e. The molecule has 0 aliphatic carbocycles. The summed E-state index contributed by atoms with van der Waals surface area (Å²) in [4.78, 5) is 62.3. The Labute approximate surface area is 210 Å². The van der Waals surface area contributed by atoms with Crippen molar-refractivity contribution < 1.29 is 38.6 Å². The summed E-state index contributed by atoms with van der Waals surface area (Å²) in [5.41, 5.74) is -0.0266. The lowest BCUT2D eigenvalue weighted by Crippen LogP contribution is -2.56. The quantitative estimate of drug-likeness (QED) is 0.339. The highest BCUT2D eigenvalue weighted by Crippen LogP contribution is 2.15. The summed E-state index contributed by atoms with van der Waals surface area (Å²) in [7, 11) is 2.91. The number of likely N-dealkylation sites (N-methyl/N-ethyl adjacent to an activating group) is 1. The molecule has 4 N–H and O–H groups in total. The summed E-state index contributed by atoms with van der Waals surface area (Å²) >= 11 is 0. The third kappa shape index (κ3) is 10.2. The smallest absolute Gasteiger partial charge is 0.408 e. The van der Waals surface area contributed by atoms with Crippen molar-refractivity contribution in [3.63, 3.8) is 0 Å². The molecule has 4 amide bonds. The number of carboxylic acid groups (broad SMARTS) is 1. The summed E-state index contributed by atoms with van der Waals surface area (Å²) in [5.74, 6) is -2.50. The molecule has 0 radical (unpaired) electrons. The van der Waals surface area contributed by atoms with Crippen LogP contribution in [0.4, 0.5) is 4.79 Å². The van der Waals surface area contributed by atoms with Crippen molar-refractivity contribution >= 4 is 29.8 Å². The SMILES string of the molecule is COc1ccc(C[C@@H](C(=O)N[C@@H](C)C(=O)O)N(C)C(=O)[C@H](C)NC(=O)CNC(=O)OC(C)(C)C)cc1. The summed E-state index contributed by atoms with van der Waals surface area (Å²) in [5, 5.41) is 16.3. The van der Waals surface area contributed by atoms with E-state index in [2.05, 4.69) is 16.0 Å². The zero-order chi connectivity index (χ0) is 27.6. The summed E-state index contributed by atoms with van der Waals surface area (Å²) < 4.78 is 10.2. The first kappa shape index (κ1) is 30.2. The molecule has 0 unspecified atom stereocenters. The average Bonchev–Trinajstić information content (AvgIpc) is 2.79. The molecule has 0 aliphatic rings. The molecule has 200 valence electrons. The Bertz CT molecular complexity index is 942. The number of ether oxygens (including phenoxy) is 2. The standard InChI is InChI=1S/C24H36N4O8/c1-14(26-19(29)13-25-23(34)36-24(3,4)5)21(31)28(6)18(20(30)27-15(2)22(32)33)12-16-8-10-17(35-7)11-9-16/h8-11,14-15,18H,12-13H2,1-7H3,(H,25,34)(H,26,29)(H,27,30)(H,32,33)/t14-,15-,18-/m0/s1. The van der Waals surface area contributed by atoms with Gasteiger partial charge in [0.1, 0.15) is 36.0 Å². The number of carboxylic acids is 1. The van der Waals surface area contributed by atoms with E-state index in [-0.39, 0.29) is 6.42 Å². The maximum atomic E-state index is 13.0. The van der Waals surface area contributed by atoms with Gasteiger partial charge in [0, 0.05) is 13.5 Å². The average molecular weight is 509 g/mol. The van der Waals surface area contributed by atoms with Crippen molar-refractivity contribution in [2.75, 3.05) is 20.7 Å². The lowest BCUT2D eigenvalue weighted by molar-refractivity contribution is -0.144. The van der Waals surface area contributed by atoms with Crippen LogP contribution in [0.1, 0.15) is 40.2 Å². The molecule has 36 heavy (non-hydrogen) atoms. The van der Waals surface area contributed by atoms with Crippen LogP contribution in [0.5, 0.6) is 5.75 Å². The molecular weight excluding hydrogens is 472 g/mol. The topological polar surface area (TPSA) is 163 Å². The molecule has 0 aromatic heterocycles. The minimum Gasteiger partial charge on any atom is -0.497 e. The van der Waals surface area contributed by atoms with E-state index in [1.54, 1.807) is 45.0 Å². The van der Waals surface area contributed by atoms with Gasteiger partial charge in [-0.1, -0.05) is 12.1 Å². The predicted octanol–water partition coefficient (Wildman–Crippen LogP) is 0.683. The van der Waals surface area contributed by atoms with Gasteiger partial charge in [-0.2, -0.15) is 0 Å². The van der Waals surface area contributed by atoms with E-state index in [1.165, 1.54) is 28.0 Å². The number of methoxy groups -OCH3 is 1. The maximum Gasteiger partial charge on any atom is 0.408 e. The van der Waals surface area contributed by atoms with E-state index in [4.69, 9.17) is 14.6 Å². The molecule has 1 rings (SSSR count). The zero-order valence-electron chi connectivity index (χ0n) is 21.7. The van der Waals surface area contributed by atoms with Gasteiger partial charge in [0.15, 0.2) is 0 Å². The fraction of sp³-hybridized carbons (Fsp3) is 0.542. The van der Waals surface area contributed by atoms with E-state index in [9.17, 15) is 24.0 Å². The maximum absolute atomic E-state index is 13.0. The molecule has 0 fully saturated rings. The van der Waals surface area contributed by atoms with Gasteiger partial charge in [0.05, 0.1) is 7.11 Å². The van der Waals surface area contributed by atoms with Crippen molar-refractivity contribution in [3.05, 3.63) is 29.8 Å². The third-order valence-corrected chi connectivity index (χ3v) is 4.98. The first-order chi connectivity index (χ1) is 16.6. The van der Waals surface area contributed by atoms with Crippen molar-refractivity contribution in [1.29, 1.82) is 0 Å². The lowest BCUT2D eigenvalue weighted by Gasteiger charge is -2.30. The molecule has 1 aromatic rings. The molecule has 0 spiro atoms. The van der Waals surface area contributed by atoms with Gasteiger partial charge in [-0.25, -0.2) is 4.79 Å². The van der Waals surface area contributed by atoms with Crippen molar-refractivity contribution in [2.45, 2.75) is 64.8 Å².